The van der Waals surface area contributed by atoms with Gasteiger partial charge in [-0.15, -0.1) is 0 Å². The normalized spacial score (nSPS) is 13.7. The van der Waals surface area contributed by atoms with Gasteiger partial charge in [-0.25, -0.2) is 5.43 Å². The summed E-state index contributed by atoms with van der Waals surface area (Å²) in [6.45, 7) is 2.59. The number of carbonyl (C=O) groups excluding carboxylic acids is 2. The van der Waals surface area contributed by atoms with Crippen molar-refractivity contribution in [3.63, 3.8) is 0 Å². The Morgan fingerprint density at radius 2 is 2.09 bits per heavy atom. The fraction of sp³-hybridized carbons (Fsp3) is 0.438. The van der Waals surface area contributed by atoms with E-state index in [9.17, 15) is 9.59 Å². The third-order valence-corrected chi connectivity index (χ3v) is 3.15. The standard InChI is InChI=1S/C16H21N3O4/c1-3-8-23-14-9-11(4-7-13(14)22-2)10-17-19-16(21)15(20)18-12-5-6-12/h4,7,9-10,12H,3,5-6,8H2,1-2H3,(H,18,20)(H,19,21)/b17-10-. The highest BCUT2D eigenvalue weighted by Crippen LogP contribution is 2.27. The summed E-state index contributed by atoms with van der Waals surface area (Å²) >= 11 is 0. The molecule has 0 bridgehead atoms. The largest absolute Gasteiger partial charge is 0.493 e. The Balaban J connectivity index is 1.92. The lowest BCUT2D eigenvalue weighted by atomic mass is 10.2. The molecule has 1 aliphatic rings. The second kappa shape index (κ2) is 8.17. The number of hydrogen-bond acceptors (Lipinski definition) is 5. The number of nitrogens with zero attached hydrogens (tertiary/aromatic N) is 1. The summed E-state index contributed by atoms with van der Waals surface area (Å²) in [6.07, 6.45) is 4.18. The zero-order valence-electron chi connectivity index (χ0n) is 13.3. The predicted octanol–water partition coefficient (Wildman–Crippen LogP) is 1.21. The van der Waals surface area contributed by atoms with E-state index in [4.69, 9.17) is 9.47 Å². The summed E-state index contributed by atoms with van der Waals surface area (Å²) in [5, 5.41) is 6.37. The third-order valence-electron chi connectivity index (χ3n) is 3.15. The minimum absolute atomic E-state index is 0.136. The molecule has 2 N–H and O–H groups in total. The van der Waals surface area contributed by atoms with Crippen molar-refractivity contribution in [2.24, 2.45) is 5.10 Å². The zero-order valence-corrected chi connectivity index (χ0v) is 13.3. The fourth-order valence-corrected chi connectivity index (χ4v) is 1.79. The van der Waals surface area contributed by atoms with Gasteiger partial charge in [0.2, 0.25) is 0 Å². The number of rotatable bonds is 7. The highest BCUT2D eigenvalue weighted by molar-refractivity contribution is 6.35. The summed E-state index contributed by atoms with van der Waals surface area (Å²) in [7, 11) is 1.57. The van der Waals surface area contributed by atoms with Crippen molar-refractivity contribution < 1.29 is 19.1 Å². The number of amides is 2. The maximum absolute atomic E-state index is 11.5. The second-order valence-corrected chi connectivity index (χ2v) is 5.21. The molecule has 1 aromatic carbocycles. The molecule has 0 saturated heterocycles. The van der Waals surface area contributed by atoms with E-state index in [0.29, 0.717) is 18.1 Å². The minimum atomic E-state index is -0.774. The van der Waals surface area contributed by atoms with Crippen molar-refractivity contribution in [1.82, 2.24) is 10.7 Å². The second-order valence-electron chi connectivity index (χ2n) is 5.21. The number of nitrogens with one attached hydrogen (secondary N) is 2. The van der Waals surface area contributed by atoms with Crippen molar-refractivity contribution in [2.75, 3.05) is 13.7 Å². The van der Waals surface area contributed by atoms with Gasteiger partial charge in [-0.1, -0.05) is 6.92 Å². The maximum atomic E-state index is 11.5. The molecule has 0 aliphatic heterocycles. The molecule has 1 saturated carbocycles. The van der Waals surface area contributed by atoms with E-state index in [-0.39, 0.29) is 6.04 Å². The van der Waals surface area contributed by atoms with E-state index < -0.39 is 11.8 Å². The van der Waals surface area contributed by atoms with Crippen molar-refractivity contribution >= 4 is 18.0 Å². The van der Waals surface area contributed by atoms with Gasteiger partial charge < -0.3 is 14.8 Å². The van der Waals surface area contributed by atoms with Crippen LogP contribution in [0, 0.1) is 0 Å². The summed E-state index contributed by atoms with van der Waals surface area (Å²) in [6, 6.07) is 5.43. The van der Waals surface area contributed by atoms with E-state index in [2.05, 4.69) is 15.8 Å². The number of ether oxygens (including phenoxy) is 2. The highest BCUT2D eigenvalue weighted by Gasteiger charge is 2.26. The number of methoxy groups -OCH3 is 1. The lowest BCUT2D eigenvalue weighted by molar-refractivity contribution is -0.139. The molecule has 1 aromatic rings. The van der Waals surface area contributed by atoms with Gasteiger partial charge in [0.05, 0.1) is 19.9 Å². The van der Waals surface area contributed by atoms with E-state index in [1.54, 1.807) is 25.3 Å². The molecule has 2 amide bonds. The number of hydrogen-bond donors (Lipinski definition) is 2. The van der Waals surface area contributed by atoms with Crippen molar-refractivity contribution in [1.29, 1.82) is 0 Å². The molecule has 1 fully saturated rings. The molecule has 0 aromatic heterocycles. The topological polar surface area (TPSA) is 89.0 Å². The van der Waals surface area contributed by atoms with Crippen LogP contribution in [-0.2, 0) is 9.59 Å². The first kappa shape index (κ1) is 16.8. The average molecular weight is 319 g/mol. The van der Waals surface area contributed by atoms with Gasteiger partial charge in [-0.05, 0) is 43.0 Å². The molecule has 1 aliphatic carbocycles. The van der Waals surface area contributed by atoms with Crippen LogP contribution in [0.1, 0.15) is 31.7 Å². The van der Waals surface area contributed by atoms with Crippen LogP contribution in [0.4, 0.5) is 0 Å². The quantitative estimate of drug-likeness (QED) is 0.449. The van der Waals surface area contributed by atoms with E-state index >= 15 is 0 Å². The van der Waals surface area contributed by atoms with Crippen LogP contribution < -0.4 is 20.2 Å². The summed E-state index contributed by atoms with van der Waals surface area (Å²) in [4.78, 5) is 23.0. The Labute approximate surface area is 135 Å². The van der Waals surface area contributed by atoms with E-state index in [1.807, 2.05) is 6.92 Å². The van der Waals surface area contributed by atoms with Gasteiger partial charge >= 0.3 is 11.8 Å². The Kier molecular flexibility index (Phi) is 5.96. The molecule has 124 valence electrons. The van der Waals surface area contributed by atoms with Gasteiger partial charge in [0.15, 0.2) is 11.5 Å². The van der Waals surface area contributed by atoms with Gasteiger partial charge in [0.1, 0.15) is 0 Å². The van der Waals surface area contributed by atoms with Crippen LogP contribution in [0.25, 0.3) is 0 Å². The monoisotopic (exact) mass is 319 g/mol. The molecular weight excluding hydrogens is 298 g/mol. The Morgan fingerprint density at radius 3 is 2.74 bits per heavy atom. The van der Waals surface area contributed by atoms with Crippen LogP contribution in [0.3, 0.4) is 0 Å². The minimum Gasteiger partial charge on any atom is -0.493 e. The van der Waals surface area contributed by atoms with E-state index in [0.717, 1.165) is 24.8 Å². The van der Waals surface area contributed by atoms with Gasteiger partial charge in [0, 0.05) is 6.04 Å². The molecule has 23 heavy (non-hydrogen) atoms. The van der Waals surface area contributed by atoms with E-state index in [1.165, 1.54) is 6.21 Å². The molecule has 0 heterocycles. The average Bonchev–Trinajstić information content (AvgIpc) is 3.36. The fourth-order valence-electron chi connectivity index (χ4n) is 1.79. The van der Waals surface area contributed by atoms with Crippen LogP contribution in [-0.4, -0.2) is 37.8 Å². The predicted molar refractivity (Wildman–Crippen MR) is 85.7 cm³/mol. The van der Waals surface area contributed by atoms with Crippen LogP contribution in [0.15, 0.2) is 23.3 Å². The van der Waals surface area contributed by atoms with Gasteiger partial charge in [-0.2, -0.15) is 5.10 Å². The summed E-state index contributed by atoms with van der Waals surface area (Å²) in [5.41, 5.74) is 2.92. The molecule has 7 nitrogen and oxygen atoms in total. The first-order valence-electron chi connectivity index (χ1n) is 7.58. The lowest BCUT2D eigenvalue weighted by Gasteiger charge is -2.10. The van der Waals surface area contributed by atoms with Crippen LogP contribution in [0.2, 0.25) is 0 Å². The van der Waals surface area contributed by atoms with Crippen molar-refractivity contribution in [3.05, 3.63) is 23.8 Å². The molecule has 2 rings (SSSR count). The number of hydrazone groups is 1. The van der Waals surface area contributed by atoms with Gasteiger partial charge in [0.25, 0.3) is 0 Å². The lowest BCUT2D eigenvalue weighted by Crippen LogP contribution is -2.38. The van der Waals surface area contributed by atoms with Gasteiger partial charge in [-0.3, -0.25) is 9.59 Å². The SMILES string of the molecule is CCCOc1cc(/C=N\NC(=O)C(=O)NC2CC2)ccc1OC. The molecule has 7 heteroatoms. The molecule has 0 spiro atoms. The summed E-state index contributed by atoms with van der Waals surface area (Å²) < 4.78 is 10.8. The molecule has 0 atom stereocenters. The summed E-state index contributed by atoms with van der Waals surface area (Å²) in [5.74, 6) is -0.199. The van der Waals surface area contributed by atoms with Crippen molar-refractivity contribution in [3.8, 4) is 11.5 Å². The molecular formula is C16H21N3O4. The van der Waals surface area contributed by atoms with Crippen molar-refractivity contribution in [2.45, 2.75) is 32.2 Å². The Bertz CT molecular complexity index is 597. The zero-order chi connectivity index (χ0) is 16.7. The third kappa shape index (κ3) is 5.28. The number of benzene rings is 1. The van der Waals surface area contributed by atoms with Crippen LogP contribution >= 0.6 is 0 Å². The molecule has 0 radical (unpaired) electrons. The Hall–Kier alpha value is -2.57. The highest BCUT2D eigenvalue weighted by atomic mass is 16.5. The molecule has 0 unspecified atom stereocenters. The Morgan fingerprint density at radius 1 is 1.30 bits per heavy atom. The van der Waals surface area contributed by atoms with Crippen LogP contribution in [0.5, 0.6) is 11.5 Å². The number of carbonyl (C=O) groups is 2. The first-order valence-corrected chi connectivity index (χ1v) is 7.58. The maximum Gasteiger partial charge on any atom is 0.329 e. The smallest absolute Gasteiger partial charge is 0.329 e. The first-order chi connectivity index (χ1) is 11.1.